The minimum Gasteiger partial charge on any atom is -0.380 e. The van der Waals surface area contributed by atoms with Crippen LogP contribution in [0.15, 0.2) is 0 Å². The van der Waals surface area contributed by atoms with Crippen LogP contribution in [0.25, 0.3) is 0 Å². The third-order valence-electron chi connectivity index (χ3n) is 3.95. The number of rotatable bonds is 1. The largest absolute Gasteiger partial charge is 0.380 e. The summed E-state index contributed by atoms with van der Waals surface area (Å²) < 4.78 is 5.24. The first-order valence-corrected chi connectivity index (χ1v) is 4.80. The van der Waals surface area contributed by atoms with E-state index in [2.05, 4.69) is 0 Å². The Morgan fingerprint density at radius 3 is 2.25 bits per heavy atom. The van der Waals surface area contributed by atoms with Gasteiger partial charge in [-0.25, -0.2) is 0 Å². The minimum atomic E-state index is 0.417. The summed E-state index contributed by atoms with van der Waals surface area (Å²) in [7, 11) is 0. The van der Waals surface area contributed by atoms with Gasteiger partial charge >= 0.3 is 0 Å². The molecular weight excluding hydrogens is 152 g/mol. The summed E-state index contributed by atoms with van der Waals surface area (Å²) in [5.74, 6) is 2.34. The minimum absolute atomic E-state index is 0.417. The maximum atomic E-state index is 11.1. The van der Waals surface area contributed by atoms with Crippen LogP contribution in [0.3, 0.4) is 0 Å². The molecule has 1 aliphatic heterocycles. The molecule has 3 fully saturated rings. The molecule has 12 heavy (non-hydrogen) atoms. The van der Waals surface area contributed by atoms with Crippen LogP contribution >= 0.6 is 0 Å². The highest BCUT2D eigenvalue weighted by Crippen LogP contribution is 2.66. The van der Waals surface area contributed by atoms with Crippen molar-refractivity contribution in [3.05, 3.63) is 0 Å². The second kappa shape index (κ2) is 1.92. The van der Waals surface area contributed by atoms with Gasteiger partial charge in [-0.15, -0.1) is 0 Å². The lowest BCUT2D eigenvalue weighted by atomic mass is 9.79. The molecule has 2 atom stereocenters. The van der Waals surface area contributed by atoms with E-state index in [1.54, 1.807) is 6.92 Å². The molecule has 1 spiro atoms. The average Bonchev–Trinajstić information content (AvgIpc) is 2.46. The van der Waals surface area contributed by atoms with Crippen LogP contribution in [0, 0.1) is 23.2 Å². The number of fused-ring (bicyclic) bond motifs is 1. The van der Waals surface area contributed by atoms with Crippen molar-refractivity contribution in [2.24, 2.45) is 23.2 Å². The summed E-state index contributed by atoms with van der Waals surface area (Å²) in [5.41, 5.74) is 0.529. The molecule has 0 amide bonds. The number of ether oxygens (including phenoxy) is 1. The Morgan fingerprint density at radius 1 is 1.33 bits per heavy atom. The zero-order valence-electron chi connectivity index (χ0n) is 7.38. The predicted molar refractivity (Wildman–Crippen MR) is 43.6 cm³/mol. The van der Waals surface area contributed by atoms with Gasteiger partial charge in [0.2, 0.25) is 0 Å². The van der Waals surface area contributed by atoms with Crippen molar-refractivity contribution in [3.8, 4) is 0 Å². The van der Waals surface area contributed by atoms with E-state index in [0.29, 0.717) is 17.1 Å². The highest BCUT2D eigenvalue weighted by Gasteiger charge is 2.64. The van der Waals surface area contributed by atoms with E-state index in [1.807, 2.05) is 0 Å². The van der Waals surface area contributed by atoms with E-state index < -0.39 is 0 Å². The molecule has 2 heteroatoms. The topological polar surface area (TPSA) is 26.3 Å². The lowest BCUT2D eigenvalue weighted by Gasteiger charge is -2.39. The van der Waals surface area contributed by atoms with Crippen LogP contribution < -0.4 is 0 Å². The van der Waals surface area contributed by atoms with Gasteiger partial charge in [-0.3, -0.25) is 4.79 Å². The van der Waals surface area contributed by atoms with Crippen molar-refractivity contribution in [2.45, 2.75) is 19.8 Å². The molecule has 1 heterocycles. The summed E-state index contributed by atoms with van der Waals surface area (Å²) in [4.78, 5) is 11.1. The molecule has 0 aromatic carbocycles. The Kier molecular flexibility index (Phi) is 1.13. The number of hydrogen-bond donors (Lipinski definition) is 0. The molecule has 2 saturated carbocycles. The molecule has 1 saturated heterocycles. The lowest BCUT2D eigenvalue weighted by Crippen LogP contribution is -2.41. The third-order valence-corrected chi connectivity index (χ3v) is 3.95. The molecule has 0 unspecified atom stereocenters. The highest BCUT2D eigenvalue weighted by atomic mass is 16.5. The van der Waals surface area contributed by atoms with Crippen LogP contribution in [-0.4, -0.2) is 19.0 Å². The van der Waals surface area contributed by atoms with Crippen molar-refractivity contribution >= 4 is 5.78 Å². The number of ketones is 1. The molecule has 2 aliphatic carbocycles. The van der Waals surface area contributed by atoms with Crippen LogP contribution in [-0.2, 0) is 9.53 Å². The number of carbonyl (C=O) groups excluding carboxylic acids is 1. The monoisotopic (exact) mass is 166 g/mol. The molecule has 0 N–H and O–H groups in total. The Bertz CT molecular complexity index is 228. The van der Waals surface area contributed by atoms with E-state index in [-0.39, 0.29) is 0 Å². The molecule has 2 nitrogen and oxygen atoms in total. The van der Waals surface area contributed by atoms with E-state index in [9.17, 15) is 4.79 Å². The lowest BCUT2D eigenvalue weighted by molar-refractivity contribution is -0.126. The van der Waals surface area contributed by atoms with Crippen LogP contribution in [0.5, 0.6) is 0 Å². The second-order valence-electron chi connectivity index (χ2n) is 4.87. The van der Waals surface area contributed by atoms with Gasteiger partial charge in [-0.1, -0.05) is 0 Å². The summed E-state index contributed by atoms with van der Waals surface area (Å²) >= 11 is 0. The first-order valence-electron chi connectivity index (χ1n) is 4.80. The van der Waals surface area contributed by atoms with Gasteiger partial charge in [-0.2, -0.15) is 0 Å². The van der Waals surface area contributed by atoms with E-state index in [4.69, 9.17) is 4.74 Å². The van der Waals surface area contributed by atoms with E-state index in [1.165, 1.54) is 12.8 Å². The predicted octanol–water partition coefficient (Wildman–Crippen LogP) is 1.25. The normalized spacial score (nSPS) is 46.9. The molecule has 3 rings (SSSR count). The highest BCUT2D eigenvalue weighted by molar-refractivity contribution is 5.82. The summed E-state index contributed by atoms with van der Waals surface area (Å²) in [6.07, 6.45) is 2.53. The Morgan fingerprint density at radius 2 is 1.92 bits per heavy atom. The molecule has 0 aromatic heterocycles. The van der Waals surface area contributed by atoms with E-state index in [0.717, 1.165) is 25.0 Å². The molecule has 0 aromatic rings. The standard InChI is InChI=1S/C10H14O2/c1-6(11)9-7-2-10(3-8(7)9)4-12-5-10/h7-9H,2-5H2,1H3/t7-,8-/m1/s1. The fourth-order valence-electron chi connectivity index (χ4n) is 3.31. The number of Topliss-reactive ketones (excluding diaryl/α,β-unsaturated/α-hetero) is 1. The van der Waals surface area contributed by atoms with Gasteiger partial charge < -0.3 is 4.74 Å². The summed E-state index contributed by atoms with van der Waals surface area (Å²) in [6.45, 7) is 3.67. The maximum absolute atomic E-state index is 11.1. The van der Waals surface area contributed by atoms with Crippen LogP contribution in [0.2, 0.25) is 0 Å². The van der Waals surface area contributed by atoms with Gasteiger partial charge in [0.1, 0.15) is 5.78 Å². The number of hydrogen-bond acceptors (Lipinski definition) is 2. The van der Waals surface area contributed by atoms with Crippen molar-refractivity contribution in [2.75, 3.05) is 13.2 Å². The fourth-order valence-corrected chi connectivity index (χ4v) is 3.31. The van der Waals surface area contributed by atoms with Gasteiger partial charge in [0.15, 0.2) is 0 Å². The molecule has 0 radical (unpaired) electrons. The number of carbonyl (C=O) groups is 1. The van der Waals surface area contributed by atoms with Gasteiger partial charge in [0, 0.05) is 11.3 Å². The molecular formula is C10H14O2. The fraction of sp³-hybridized carbons (Fsp3) is 0.900. The van der Waals surface area contributed by atoms with Crippen molar-refractivity contribution in [1.29, 1.82) is 0 Å². The molecule has 66 valence electrons. The van der Waals surface area contributed by atoms with Crippen molar-refractivity contribution < 1.29 is 9.53 Å². The zero-order valence-corrected chi connectivity index (χ0v) is 7.38. The Hall–Kier alpha value is -0.370. The Balaban J connectivity index is 1.69. The summed E-state index contributed by atoms with van der Waals surface area (Å²) in [5, 5.41) is 0. The average molecular weight is 166 g/mol. The van der Waals surface area contributed by atoms with E-state index >= 15 is 0 Å². The quantitative estimate of drug-likeness (QED) is 0.586. The van der Waals surface area contributed by atoms with Crippen LogP contribution in [0.1, 0.15) is 19.8 Å². The third kappa shape index (κ3) is 0.717. The van der Waals surface area contributed by atoms with Crippen molar-refractivity contribution in [3.63, 3.8) is 0 Å². The zero-order chi connectivity index (χ0) is 8.34. The van der Waals surface area contributed by atoms with Gasteiger partial charge in [0.05, 0.1) is 13.2 Å². The first kappa shape index (κ1) is 7.07. The Labute approximate surface area is 72.3 Å². The van der Waals surface area contributed by atoms with Gasteiger partial charge in [-0.05, 0) is 31.6 Å². The molecule has 3 aliphatic rings. The van der Waals surface area contributed by atoms with Crippen molar-refractivity contribution in [1.82, 2.24) is 0 Å². The SMILES string of the molecule is CC(=O)C1[C@@H]2CC3(COC3)C[C@@H]12. The first-order chi connectivity index (χ1) is 5.72. The summed E-state index contributed by atoms with van der Waals surface area (Å²) in [6, 6.07) is 0. The van der Waals surface area contributed by atoms with Gasteiger partial charge in [0.25, 0.3) is 0 Å². The smallest absolute Gasteiger partial charge is 0.133 e. The second-order valence-corrected chi connectivity index (χ2v) is 4.87. The maximum Gasteiger partial charge on any atom is 0.133 e. The molecule has 0 bridgehead atoms. The van der Waals surface area contributed by atoms with Crippen LogP contribution in [0.4, 0.5) is 0 Å².